The van der Waals surface area contributed by atoms with Gasteiger partial charge in [-0.1, -0.05) is 24.6 Å². The summed E-state index contributed by atoms with van der Waals surface area (Å²) in [4.78, 5) is 15.3. The predicted octanol–water partition coefficient (Wildman–Crippen LogP) is 2.93. The van der Waals surface area contributed by atoms with Crippen molar-refractivity contribution in [1.29, 1.82) is 0 Å². The number of rotatable bonds is 10. The lowest BCUT2D eigenvalue weighted by molar-refractivity contribution is -0.140. The van der Waals surface area contributed by atoms with Crippen molar-refractivity contribution in [3.8, 4) is 0 Å². The molecule has 0 aliphatic carbocycles. The Bertz CT molecular complexity index is 709. The maximum Gasteiger partial charge on any atom is 0.305 e. The molecule has 0 spiro atoms. The third-order valence-electron chi connectivity index (χ3n) is 4.35. The number of methoxy groups -OCH3 is 1. The van der Waals surface area contributed by atoms with E-state index in [1.165, 1.54) is 18.0 Å². The lowest BCUT2D eigenvalue weighted by Crippen LogP contribution is -2.38. The average Bonchev–Trinajstić information content (AvgIpc) is 3.09. The number of carbonyl (C=O) groups excluding carboxylic acids is 1. The van der Waals surface area contributed by atoms with Gasteiger partial charge in [-0.25, -0.2) is 0 Å². The molecule has 0 unspecified atom stereocenters. The number of aryl methyl sites for hydroxylation is 1. The number of ether oxygens (including phenoxy) is 1. The Hall–Kier alpha value is -2.50. The SMILES string of the molecule is CN=C(NCCCCCC(=O)OC)NCCCn1ccc2ccccc21. The molecule has 0 fully saturated rings. The summed E-state index contributed by atoms with van der Waals surface area (Å²) in [7, 11) is 3.21. The predicted molar refractivity (Wildman–Crippen MR) is 106 cm³/mol. The van der Waals surface area contributed by atoms with Crippen molar-refractivity contribution >= 4 is 22.8 Å². The number of guanidine groups is 1. The van der Waals surface area contributed by atoms with Crippen molar-refractivity contribution in [1.82, 2.24) is 15.2 Å². The van der Waals surface area contributed by atoms with Crippen molar-refractivity contribution in [2.45, 2.75) is 38.6 Å². The second kappa shape index (κ2) is 11.2. The number of unbranched alkanes of at least 4 members (excludes halogenated alkanes) is 2. The Kier molecular flexibility index (Phi) is 8.52. The quantitative estimate of drug-likeness (QED) is 0.297. The first kappa shape index (κ1) is 19.8. The van der Waals surface area contributed by atoms with Gasteiger partial charge in [0.25, 0.3) is 0 Å². The van der Waals surface area contributed by atoms with Crippen LogP contribution in [0.2, 0.25) is 0 Å². The highest BCUT2D eigenvalue weighted by atomic mass is 16.5. The van der Waals surface area contributed by atoms with E-state index in [9.17, 15) is 4.79 Å². The fourth-order valence-corrected chi connectivity index (χ4v) is 2.89. The third kappa shape index (κ3) is 6.43. The van der Waals surface area contributed by atoms with Gasteiger partial charge >= 0.3 is 5.97 Å². The summed E-state index contributed by atoms with van der Waals surface area (Å²) >= 11 is 0. The second-order valence-electron chi connectivity index (χ2n) is 6.23. The molecule has 1 heterocycles. The number of nitrogens with zero attached hydrogens (tertiary/aromatic N) is 2. The van der Waals surface area contributed by atoms with Crippen LogP contribution in [0.1, 0.15) is 32.1 Å². The zero-order chi connectivity index (χ0) is 18.6. The zero-order valence-electron chi connectivity index (χ0n) is 15.8. The van der Waals surface area contributed by atoms with E-state index in [0.29, 0.717) is 6.42 Å². The molecule has 2 aromatic rings. The molecule has 0 bridgehead atoms. The molecule has 0 amide bonds. The molecular formula is C20H30N4O2. The zero-order valence-corrected chi connectivity index (χ0v) is 15.8. The maximum absolute atomic E-state index is 11.0. The van der Waals surface area contributed by atoms with Crippen LogP contribution in [0.4, 0.5) is 0 Å². The standard InChI is InChI=1S/C20H30N4O2/c1-21-20(22-13-7-3-4-11-19(25)26-2)23-14-8-15-24-16-12-17-9-5-6-10-18(17)24/h5-6,9-10,12,16H,3-4,7-8,11,13-15H2,1-2H3,(H2,21,22,23). The van der Waals surface area contributed by atoms with Gasteiger partial charge in [-0.2, -0.15) is 0 Å². The van der Waals surface area contributed by atoms with E-state index >= 15 is 0 Å². The highest BCUT2D eigenvalue weighted by molar-refractivity contribution is 5.80. The summed E-state index contributed by atoms with van der Waals surface area (Å²) in [6.45, 7) is 2.70. The highest BCUT2D eigenvalue weighted by Crippen LogP contribution is 2.15. The molecule has 6 nitrogen and oxygen atoms in total. The van der Waals surface area contributed by atoms with Crippen LogP contribution in [-0.2, 0) is 16.1 Å². The van der Waals surface area contributed by atoms with Crippen molar-refractivity contribution in [2.24, 2.45) is 4.99 Å². The van der Waals surface area contributed by atoms with Gasteiger partial charge in [-0.05, 0) is 36.8 Å². The van der Waals surface area contributed by atoms with Gasteiger partial charge in [0.2, 0.25) is 0 Å². The Labute approximate surface area is 155 Å². The molecule has 0 saturated carbocycles. The number of para-hydroxylation sites is 1. The van der Waals surface area contributed by atoms with Crippen LogP contribution in [0.3, 0.4) is 0 Å². The van der Waals surface area contributed by atoms with Crippen molar-refractivity contribution in [2.75, 3.05) is 27.2 Å². The third-order valence-corrected chi connectivity index (χ3v) is 4.35. The largest absolute Gasteiger partial charge is 0.469 e. The van der Waals surface area contributed by atoms with E-state index in [1.807, 2.05) is 0 Å². The Morgan fingerprint density at radius 2 is 1.85 bits per heavy atom. The molecule has 1 aromatic carbocycles. The van der Waals surface area contributed by atoms with Gasteiger partial charge in [-0.15, -0.1) is 0 Å². The molecule has 0 atom stereocenters. The van der Waals surface area contributed by atoms with Crippen molar-refractivity contribution < 1.29 is 9.53 Å². The molecule has 142 valence electrons. The van der Waals surface area contributed by atoms with Crippen LogP contribution in [0.25, 0.3) is 10.9 Å². The normalized spacial score (nSPS) is 11.5. The molecule has 0 saturated heterocycles. The molecule has 1 aromatic heterocycles. The van der Waals surface area contributed by atoms with Crippen LogP contribution in [-0.4, -0.2) is 43.7 Å². The number of nitrogens with one attached hydrogen (secondary N) is 2. The number of hydrogen-bond donors (Lipinski definition) is 2. The first-order valence-electron chi connectivity index (χ1n) is 9.30. The van der Waals surface area contributed by atoms with Crippen LogP contribution in [0.5, 0.6) is 0 Å². The minimum absolute atomic E-state index is 0.133. The summed E-state index contributed by atoms with van der Waals surface area (Å²) in [5.74, 6) is 0.696. The van der Waals surface area contributed by atoms with Crippen molar-refractivity contribution in [3.05, 3.63) is 36.5 Å². The van der Waals surface area contributed by atoms with E-state index < -0.39 is 0 Å². The summed E-state index contributed by atoms with van der Waals surface area (Å²) < 4.78 is 6.92. The average molecular weight is 358 g/mol. The van der Waals surface area contributed by atoms with Crippen LogP contribution in [0, 0.1) is 0 Å². The fourth-order valence-electron chi connectivity index (χ4n) is 2.89. The smallest absolute Gasteiger partial charge is 0.305 e. The van der Waals surface area contributed by atoms with Crippen LogP contribution in [0.15, 0.2) is 41.5 Å². The van der Waals surface area contributed by atoms with Gasteiger partial charge in [0.1, 0.15) is 0 Å². The highest BCUT2D eigenvalue weighted by Gasteiger charge is 2.02. The fraction of sp³-hybridized carbons (Fsp3) is 0.500. The van der Waals surface area contributed by atoms with Gasteiger partial charge in [-0.3, -0.25) is 9.79 Å². The summed E-state index contributed by atoms with van der Waals surface area (Å²) in [6, 6.07) is 10.6. The lowest BCUT2D eigenvalue weighted by Gasteiger charge is -2.12. The van der Waals surface area contributed by atoms with E-state index in [-0.39, 0.29) is 5.97 Å². The minimum Gasteiger partial charge on any atom is -0.469 e. The molecular weight excluding hydrogens is 328 g/mol. The van der Waals surface area contributed by atoms with Gasteiger partial charge in [0.05, 0.1) is 7.11 Å². The van der Waals surface area contributed by atoms with E-state index in [1.54, 1.807) is 7.05 Å². The number of aliphatic imine (C=N–C) groups is 1. The number of carbonyl (C=O) groups is 1. The summed E-state index contributed by atoms with van der Waals surface area (Å²) in [5, 5.41) is 7.94. The van der Waals surface area contributed by atoms with Crippen LogP contribution >= 0.6 is 0 Å². The minimum atomic E-state index is -0.133. The molecule has 26 heavy (non-hydrogen) atoms. The summed E-state index contributed by atoms with van der Waals surface area (Å²) in [6.07, 6.45) is 6.54. The monoisotopic (exact) mass is 358 g/mol. The Morgan fingerprint density at radius 3 is 2.62 bits per heavy atom. The van der Waals surface area contributed by atoms with E-state index in [4.69, 9.17) is 0 Å². The number of aromatic nitrogens is 1. The molecule has 0 aliphatic rings. The topological polar surface area (TPSA) is 67.7 Å². The molecule has 0 aliphatic heterocycles. The molecule has 2 N–H and O–H groups in total. The lowest BCUT2D eigenvalue weighted by atomic mass is 10.2. The Morgan fingerprint density at radius 1 is 1.08 bits per heavy atom. The molecule has 2 rings (SSSR count). The maximum atomic E-state index is 11.0. The number of hydrogen-bond acceptors (Lipinski definition) is 3. The van der Waals surface area contributed by atoms with Gasteiger partial charge in [0, 0.05) is 44.8 Å². The van der Waals surface area contributed by atoms with Crippen LogP contribution < -0.4 is 10.6 Å². The van der Waals surface area contributed by atoms with Gasteiger partial charge in [0.15, 0.2) is 5.96 Å². The number of esters is 1. The molecule has 6 heteroatoms. The number of fused-ring (bicyclic) bond motifs is 1. The first-order chi connectivity index (χ1) is 12.7. The number of benzene rings is 1. The van der Waals surface area contributed by atoms with Gasteiger partial charge < -0.3 is 19.9 Å². The van der Waals surface area contributed by atoms with E-state index in [2.05, 4.69) is 61.5 Å². The summed E-state index contributed by atoms with van der Waals surface area (Å²) in [5.41, 5.74) is 1.28. The van der Waals surface area contributed by atoms with E-state index in [0.717, 1.165) is 51.3 Å². The molecule has 0 radical (unpaired) electrons. The Balaban J connectivity index is 1.58. The first-order valence-corrected chi connectivity index (χ1v) is 9.30. The van der Waals surface area contributed by atoms with Crippen molar-refractivity contribution in [3.63, 3.8) is 0 Å². The second-order valence-corrected chi connectivity index (χ2v) is 6.23.